The van der Waals surface area contributed by atoms with Crippen molar-refractivity contribution in [2.24, 2.45) is 17.8 Å². The molecule has 0 heterocycles. The van der Waals surface area contributed by atoms with Crippen molar-refractivity contribution in [3.8, 4) is 0 Å². The van der Waals surface area contributed by atoms with E-state index in [1.54, 1.807) is 0 Å². The number of allylic oxidation sites excluding steroid dienone is 1. The molecule has 166 valence electrons. The van der Waals surface area contributed by atoms with Crippen molar-refractivity contribution in [2.75, 3.05) is 33.7 Å². The smallest absolute Gasteiger partial charge is 0.0761 e. The fourth-order valence-corrected chi connectivity index (χ4v) is 5.09. The Bertz CT molecular complexity index is 727. The number of fused-ring (bicyclic) bond motifs is 1. The predicted molar refractivity (Wildman–Crippen MR) is 124 cm³/mol. The minimum atomic E-state index is -0.502. The van der Waals surface area contributed by atoms with Crippen molar-refractivity contribution in [2.45, 2.75) is 51.2 Å². The van der Waals surface area contributed by atoms with E-state index in [2.05, 4.69) is 61.6 Å². The van der Waals surface area contributed by atoms with Gasteiger partial charge in [-0.3, -0.25) is 0 Å². The summed E-state index contributed by atoms with van der Waals surface area (Å²) in [7, 11) is 4.23. The molecule has 1 aromatic rings. The molecule has 1 aromatic carbocycles. The van der Waals surface area contributed by atoms with Crippen LogP contribution in [0.25, 0.3) is 0 Å². The maximum Gasteiger partial charge on any atom is 0.0761 e. The van der Waals surface area contributed by atoms with E-state index < -0.39 is 6.10 Å². The van der Waals surface area contributed by atoms with Gasteiger partial charge in [-0.2, -0.15) is 0 Å². The summed E-state index contributed by atoms with van der Waals surface area (Å²) >= 11 is 0. The summed E-state index contributed by atoms with van der Waals surface area (Å²) in [6.45, 7) is 5.31. The van der Waals surface area contributed by atoms with Gasteiger partial charge >= 0.3 is 0 Å². The Labute approximate surface area is 182 Å². The molecule has 3 N–H and O–H groups in total. The van der Waals surface area contributed by atoms with Crippen molar-refractivity contribution in [3.05, 3.63) is 59.2 Å². The molecule has 0 saturated heterocycles. The molecule has 0 aliphatic heterocycles. The van der Waals surface area contributed by atoms with E-state index in [0.29, 0.717) is 18.3 Å². The lowest BCUT2D eigenvalue weighted by molar-refractivity contribution is 0.140. The summed E-state index contributed by atoms with van der Waals surface area (Å²) in [4.78, 5) is 2.22. The van der Waals surface area contributed by atoms with E-state index in [4.69, 9.17) is 0 Å². The quantitative estimate of drug-likeness (QED) is 0.385. The second-order valence-corrected chi connectivity index (χ2v) is 9.54. The number of aryl methyl sites for hydroxylation is 1. The van der Waals surface area contributed by atoms with Crippen molar-refractivity contribution < 1.29 is 10.2 Å². The molecule has 2 aliphatic rings. The third-order valence-corrected chi connectivity index (χ3v) is 6.61. The summed E-state index contributed by atoms with van der Waals surface area (Å²) in [6.07, 6.45) is 10.5. The highest BCUT2D eigenvalue weighted by atomic mass is 16.3. The van der Waals surface area contributed by atoms with Gasteiger partial charge in [0.2, 0.25) is 0 Å². The first-order valence-electron chi connectivity index (χ1n) is 11.6. The summed E-state index contributed by atoms with van der Waals surface area (Å²) in [6, 6.07) is 8.30. The largest absolute Gasteiger partial charge is 0.392 e. The van der Waals surface area contributed by atoms with Gasteiger partial charge in [-0.1, -0.05) is 53.6 Å². The maximum absolute atomic E-state index is 10.6. The van der Waals surface area contributed by atoms with Gasteiger partial charge in [0.1, 0.15) is 0 Å². The third-order valence-electron chi connectivity index (χ3n) is 6.61. The number of nitrogens with zero attached hydrogens (tertiary/aromatic N) is 1. The van der Waals surface area contributed by atoms with Crippen LogP contribution < -0.4 is 5.32 Å². The molecule has 1 fully saturated rings. The van der Waals surface area contributed by atoms with Gasteiger partial charge in [-0.05, 0) is 83.7 Å². The molecule has 2 aliphatic carbocycles. The van der Waals surface area contributed by atoms with Gasteiger partial charge < -0.3 is 20.4 Å². The predicted octanol–water partition coefficient (Wildman–Crippen LogP) is 3.33. The Balaban J connectivity index is 1.44. The minimum absolute atomic E-state index is 0.156. The van der Waals surface area contributed by atoms with Gasteiger partial charge in [0, 0.05) is 12.3 Å². The Kier molecular flexibility index (Phi) is 8.70. The van der Waals surface area contributed by atoms with E-state index in [1.165, 1.54) is 17.6 Å². The Morgan fingerprint density at radius 1 is 1.27 bits per heavy atom. The van der Waals surface area contributed by atoms with Crippen LogP contribution in [0.1, 0.15) is 36.8 Å². The molecule has 0 spiro atoms. The average Bonchev–Trinajstić information content (AvgIpc) is 3.19. The van der Waals surface area contributed by atoms with Crippen molar-refractivity contribution >= 4 is 0 Å². The van der Waals surface area contributed by atoms with Crippen LogP contribution in [-0.2, 0) is 6.42 Å². The van der Waals surface area contributed by atoms with Gasteiger partial charge in [0.25, 0.3) is 0 Å². The van der Waals surface area contributed by atoms with E-state index in [-0.39, 0.29) is 12.0 Å². The highest BCUT2D eigenvalue weighted by Crippen LogP contribution is 2.47. The molecule has 30 heavy (non-hydrogen) atoms. The fourth-order valence-electron chi connectivity index (χ4n) is 5.09. The zero-order valence-corrected chi connectivity index (χ0v) is 18.9. The summed E-state index contributed by atoms with van der Waals surface area (Å²) in [5.74, 6) is 1.14. The summed E-state index contributed by atoms with van der Waals surface area (Å²) < 4.78 is 0. The molecule has 0 radical (unpaired) electrons. The molecule has 4 nitrogen and oxygen atoms in total. The maximum atomic E-state index is 10.6. The van der Waals surface area contributed by atoms with Gasteiger partial charge in [0.15, 0.2) is 0 Å². The van der Waals surface area contributed by atoms with Crippen LogP contribution in [-0.4, -0.2) is 61.1 Å². The molecule has 4 heteroatoms. The first-order valence-corrected chi connectivity index (χ1v) is 11.6. The Morgan fingerprint density at radius 2 is 2.10 bits per heavy atom. The normalized spacial score (nSPS) is 27.1. The lowest BCUT2D eigenvalue weighted by Crippen LogP contribution is -2.22. The fraction of sp³-hybridized carbons (Fsp3) is 0.615. The van der Waals surface area contributed by atoms with Crippen molar-refractivity contribution in [1.29, 1.82) is 0 Å². The van der Waals surface area contributed by atoms with Gasteiger partial charge in [0.05, 0.1) is 12.2 Å². The highest BCUT2D eigenvalue weighted by molar-refractivity contribution is 5.24. The highest BCUT2D eigenvalue weighted by Gasteiger charge is 2.43. The zero-order valence-electron chi connectivity index (χ0n) is 18.9. The molecular formula is C26H40N2O2. The first-order chi connectivity index (χ1) is 14.4. The number of hydrogen-bond donors (Lipinski definition) is 3. The van der Waals surface area contributed by atoms with Crippen molar-refractivity contribution in [1.82, 2.24) is 10.2 Å². The lowest BCUT2D eigenvalue weighted by atomic mass is 9.88. The molecular weight excluding hydrogens is 372 g/mol. The average molecular weight is 413 g/mol. The van der Waals surface area contributed by atoms with Crippen LogP contribution in [0, 0.1) is 24.7 Å². The summed E-state index contributed by atoms with van der Waals surface area (Å²) in [5, 5.41) is 24.6. The molecule has 0 unspecified atom stereocenters. The standard InChI is InChI=1S/C26H40N2O2/c1-19-6-4-7-20(14-19)16-23(29)8-9-24-25-17-21(15-22(25)18-26(24)30)10-12-27-11-5-13-28(2)3/h4,6-9,14-15,22-27,29-30H,5,10-13,16-18H2,1-3H3/b9-8+/t22-,23-,24+,25-,26+/m0/s1. The lowest BCUT2D eigenvalue weighted by Gasteiger charge is -2.19. The van der Waals surface area contributed by atoms with Crippen LogP contribution >= 0.6 is 0 Å². The zero-order chi connectivity index (χ0) is 21.5. The first kappa shape index (κ1) is 23.2. The molecule has 0 amide bonds. The van der Waals surface area contributed by atoms with Gasteiger partial charge in [-0.25, -0.2) is 0 Å². The van der Waals surface area contributed by atoms with Crippen LogP contribution in [0.4, 0.5) is 0 Å². The second kappa shape index (κ2) is 11.2. The number of benzene rings is 1. The number of nitrogens with one attached hydrogen (secondary N) is 1. The van der Waals surface area contributed by atoms with Crippen LogP contribution in [0.5, 0.6) is 0 Å². The molecule has 0 bridgehead atoms. The number of rotatable bonds is 11. The summed E-state index contributed by atoms with van der Waals surface area (Å²) in [5.41, 5.74) is 3.91. The number of aliphatic hydroxyl groups is 2. The van der Waals surface area contributed by atoms with Crippen LogP contribution in [0.15, 0.2) is 48.1 Å². The van der Waals surface area contributed by atoms with Crippen LogP contribution in [0.3, 0.4) is 0 Å². The third kappa shape index (κ3) is 6.78. The Morgan fingerprint density at radius 3 is 2.87 bits per heavy atom. The van der Waals surface area contributed by atoms with Crippen LogP contribution in [0.2, 0.25) is 0 Å². The van der Waals surface area contributed by atoms with Crippen molar-refractivity contribution in [3.63, 3.8) is 0 Å². The molecule has 5 atom stereocenters. The Hall–Kier alpha value is -1.46. The molecule has 1 saturated carbocycles. The monoisotopic (exact) mass is 412 g/mol. The van der Waals surface area contributed by atoms with Gasteiger partial charge in [-0.15, -0.1) is 0 Å². The van der Waals surface area contributed by atoms with E-state index >= 15 is 0 Å². The second-order valence-electron chi connectivity index (χ2n) is 9.54. The topological polar surface area (TPSA) is 55.7 Å². The number of aliphatic hydroxyl groups excluding tert-OH is 2. The minimum Gasteiger partial charge on any atom is -0.392 e. The van der Waals surface area contributed by atoms with E-state index in [9.17, 15) is 10.2 Å². The van der Waals surface area contributed by atoms with E-state index in [1.807, 2.05) is 12.1 Å². The SMILES string of the molecule is Cc1cccc(C[C@@H](O)/C=C/[C@@H]2[C@H]3CC(CCNCCCN(C)C)=C[C@H]3C[C@H]2O)c1. The molecule has 0 aromatic heterocycles. The molecule has 3 rings (SSSR count). The van der Waals surface area contributed by atoms with E-state index in [0.717, 1.165) is 44.5 Å². The number of hydrogen-bond acceptors (Lipinski definition) is 4.